The van der Waals surface area contributed by atoms with Gasteiger partial charge in [-0.15, -0.1) is 11.3 Å². The Labute approximate surface area is 201 Å². The van der Waals surface area contributed by atoms with Crippen LogP contribution in [-0.2, 0) is 29.0 Å². The van der Waals surface area contributed by atoms with E-state index in [0.717, 1.165) is 42.1 Å². The molecule has 2 fully saturated rings. The lowest BCUT2D eigenvalue weighted by Crippen LogP contribution is -2.55. The number of carbonyl (C=O) groups is 1. The second-order valence-corrected chi connectivity index (χ2v) is 11.3. The van der Waals surface area contributed by atoms with Gasteiger partial charge in [-0.2, -0.15) is 5.26 Å². The monoisotopic (exact) mass is 463 g/mol. The van der Waals surface area contributed by atoms with Crippen molar-refractivity contribution >= 4 is 22.9 Å². The molecule has 1 saturated heterocycles. The molecule has 0 radical (unpaired) electrons. The van der Waals surface area contributed by atoms with Gasteiger partial charge in [0.2, 0.25) is 5.91 Å². The van der Waals surface area contributed by atoms with Crippen molar-refractivity contribution < 1.29 is 9.53 Å². The Bertz CT molecular complexity index is 1080. The van der Waals surface area contributed by atoms with Crippen molar-refractivity contribution in [2.75, 3.05) is 24.5 Å². The standard InChI is InChI=1S/C27H33N3O2S/c1-4-19-16-29(9-10-30(19)26(31)12-20-6-5-11-33-20)25-13-21(18-7-8-18)24-17-32-27(2,3)14-22(24)23(25)15-28/h5-6,11,13,18-19H,4,7-10,12,14,16-17H2,1-3H3. The van der Waals surface area contributed by atoms with Crippen molar-refractivity contribution in [2.24, 2.45) is 0 Å². The topological polar surface area (TPSA) is 56.6 Å². The highest BCUT2D eigenvalue weighted by Crippen LogP contribution is 2.47. The zero-order valence-corrected chi connectivity index (χ0v) is 20.7. The SMILES string of the molecule is CCC1CN(c2cc(C3CC3)c3c(c2C#N)CC(C)(C)OC3)CCN1C(=O)Cc1cccs1. The molecule has 1 atom stereocenters. The number of nitriles is 1. The van der Waals surface area contributed by atoms with Crippen molar-refractivity contribution in [1.82, 2.24) is 4.90 Å². The fraction of sp³-hybridized carbons (Fsp3) is 0.556. The number of carbonyl (C=O) groups excluding carboxylic acids is 1. The summed E-state index contributed by atoms with van der Waals surface area (Å²) in [4.78, 5) is 18.6. The molecule has 5 rings (SSSR count). The molecule has 33 heavy (non-hydrogen) atoms. The second-order valence-electron chi connectivity index (χ2n) is 10.3. The molecule has 174 valence electrons. The quantitative estimate of drug-likeness (QED) is 0.625. The molecule has 0 spiro atoms. The minimum absolute atomic E-state index is 0.165. The third-order valence-corrected chi connectivity index (χ3v) is 8.30. The van der Waals surface area contributed by atoms with Crippen molar-refractivity contribution in [1.29, 1.82) is 5.26 Å². The molecular formula is C27H33N3O2S. The van der Waals surface area contributed by atoms with Gasteiger partial charge in [0.25, 0.3) is 0 Å². The van der Waals surface area contributed by atoms with Gasteiger partial charge in [-0.3, -0.25) is 4.79 Å². The fourth-order valence-electron chi connectivity index (χ4n) is 5.44. The first-order chi connectivity index (χ1) is 15.9. The van der Waals surface area contributed by atoms with E-state index >= 15 is 0 Å². The summed E-state index contributed by atoms with van der Waals surface area (Å²) in [5.74, 6) is 0.818. The summed E-state index contributed by atoms with van der Waals surface area (Å²) in [6.45, 7) is 9.25. The van der Waals surface area contributed by atoms with Gasteiger partial charge < -0.3 is 14.5 Å². The Balaban J connectivity index is 1.44. The predicted octanol–water partition coefficient (Wildman–Crippen LogP) is 5.02. The first-order valence-electron chi connectivity index (χ1n) is 12.2. The largest absolute Gasteiger partial charge is 0.371 e. The number of thiophene rings is 1. The van der Waals surface area contributed by atoms with Crippen LogP contribution in [0.3, 0.4) is 0 Å². The Kier molecular flexibility index (Phi) is 5.96. The van der Waals surface area contributed by atoms with Crippen LogP contribution in [0, 0.1) is 11.3 Å². The Morgan fingerprint density at radius 1 is 1.30 bits per heavy atom. The highest BCUT2D eigenvalue weighted by Gasteiger charge is 2.37. The lowest BCUT2D eigenvalue weighted by Gasteiger charge is -2.43. The summed E-state index contributed by atoms with van der Waals surface area (Å²) in [6.07, 6.45) is 4.62. The highest BCUT2D eigenvalue weighted by molar-refractivity contribution is 7.10. The maximum Gasteiger partial charge on any atom is 0.228 e. The van der Waals surface area contributed by atoms with Crippen LogP contribution in [0.15, 0.2) is 23.6 Å². The Hall–Kier alpha value is -2.36. The molecule has 1 aliphatic carbocycles. The van der Waals surface area contributed by atoms with Crippen molar-refractivity contribution in [3.05, 3.63) is 50.7 Å². The number of hydrogen-bond donors (Lipinski definition) is 0. The zero-order chi connectivity index (χ0) is 23.2. The molecule has 2 aromatic rings. The number of piperazine rings is 1. The molecule has 1 aromatic carbocycles. The Morgan fingerprint density at radius 2 is 2.12 bits per heavy atom. The molecule has 1 saturated carbocycles. The average molecular weight is 464 g/mol. The van der Waals surface area contributed by atoms with Crippen molar-refractivity contribution in [3.8, 4) is 6.07 Å². The van der Waals surface area contributed by atoms with Crippen LogP contribution >= 0.6 is 11.3 Å². The van der Waals surface area contributed by atoms with Gasteiger partial charge in [0.05, 0.1) is 29.9 Å². The lowest BCUT2D eigenvalue weighted by molar-refractivity contribution is -0.133. The van der Waals surface area contributed by atoms with Crippen LogP contribution < -0.4 is 4.90 Å². The van der Waals surface area contributed by atoms with Gasteiger partial charge in [0, 0.05) is 37.0 Å². The van der Waals surface area contributed by atoms with Crippen LogP contribution in [0.1, 0.15) is 73.1 Å². The lowest BCUT2D eigenvalue weighted by atomic mass is 9.84. The van der Waals surface area contributed by atoms with E-state index in [9.17, 15) is 10.1 Å². The predicted molar refractivity (Wildman–Crippen MR) is 132 cm³/mol. The van der Waals surface area contributed by atoms with Crippen LogP contribution in [0.2, 0.25) is 0 Å². The second kappa shape index (κ2) is 8.77. The number of benzene rings is 1. The first kappa shape index (κ1) is 22.4. The van der Waals surface area contributed by atoms with Crippen molar-refractivity contribution in [3.63, 3.8) is 0 Å². The third-order valence-electron chi connectivity index (χ3n) is 7.42. The van der Waals surface area contributed by atoms with E-state index in [0.29, 0.717) is 25.5 Å². The van der Waals surface area contributed by atoms with Gasteiger partial charge in [0.1, 0.15) is 6.07 Å². The molecule has 0 bridgehead atoms. The molecule has 0 N–H and O–H groups in total. The third kappa shape index (κ3) is 4.41. The summed E-state index contributed by atoms with van der Waals surface area (Å²) in [5, 5.41) is 12.3. The van der Waals surface area contributed by atoms with E-state index in [-0.39, 0.29) is 17.6 Å². The van der Waals surface area contributed by atoms with E-state index in [4.69, 9.17) is 4.74 Å². The van der Waals surface area contributed by atoms with E-state index in [1.54, 1.807) is 11.3 Å². The van der Waals surface area contributed by atoms with Gasteiger partial charge in [-0.25, -0.2) is 0 Å². The van der Waals surface area contributed by atoms with Crippen molar-refractivity contribution in [2.45, 2.75) is 77.0 Å². The first-order valence-corrected chi connectivity index (χ1v) is 13.1. The van der Waals surface area contributed by atoms with Gasteiger partial charge >= 0.3 is 0 Å². The molecule has 1 amide bonds. The number of anilines is 1. The van der Waals surface area contributed by atoms with Crippen LogP contribution in [-0.4, -0.2) is 42.1 Å². The molecule has 5 nitrogen and oxygen atoms in total. The Morgan fingerprint density at radius 3 is 2.79 bits per heavy atom. The molecule has 6 heteroatoms. The number of fused-ring (bicyclic) bond motifs is 1. The van der Waals surface area contributed by atoms with Crippen LogP contribution in [0.25, 0.3) is 0 Å². The highest BCUT2D eigenvalue weighted by atomic mass is 32.1. The van der Waals surface area contributed by atoms with Gasteiger partial charge in [-0.1, -0.05) is 13.0 Å². The number of ether oxygens (including phenoxy) is 1. The number of rotatable bonds is 5. The molecule has 3 aliphatic rings. The smallest absolute Gasteiger partial charge is 0.228 e. The number of nitrogens with zero attached hydrogens (tertiary/aromatic N) is 3. The normalized spacial score (nSPS) is 22.1. The summed E-state index contributed by atoms with van der Waals surface area (Å²) in [7, 11) is 0. The summed E-state index contributed by atoms with van der Waals surface area (Å²) in [6, 6.07) is 9.06. The molecular weight excluding hydrogens is 430 g/mol. The molecule has 2 aliphatic heterocycles. The average Bonchev–Trinajstić information content (AvgIpc) is 3.53. The summed E-state index contributed by atoms with van der Waals surface area (Å²) in [5.41, 5.74) is 5.47. The summed E-state index contributed by atoms with van der Waals surface area (Å²) < 4.78 is 6.15. The minimum Gasteiger partial charge on any atom is -0.371 e. The number of hydrogen-bond acceptors (Lipinski definition) is 5. The summed E-state index contributed by atoms with van der Waals surface area (Å²) >= 11 is 1.65. The van der Waals surface area contributed by atoms with E-state index < -0.39 is 0 Å². The molecule has 1 aromatic heterocycles. The van der Waals surface area contributed by atoms with E-state index in [1.807, 2.05) is 17.5 Å². The molecule has 1 unspecified atom stereocenters. The fourth-order valence-corrected chi connectivity index (χ4v) is 6.14. The van der Waals surface area contributed by atoms with E-state index in [1.165, 1.54) is 29.5 Å². The zero-order valence-electron chi connectivity index (χ0n) is 19.9. The van der Waals surface area contributed by atoms with Gasteiger partial charge in [-0.05, 0) is 73.2 Å². The van der Waals surface area contributed by atoms with Crippen LogP contribution in [0.5, 0.6) is 0 Å². The maximum atomic E-state index is 13.1. The molecule has 3 heterocycles. The maximum absolute atomic E-state index is 13.1. The minimum atomic E-state index is -0.253. The van der Waals surface area contributed by atoms with Gasteiger partial charge in [0.15, 0.2) is 0 Å². The number of amides is 1. The van der Waals surface area contributed by atoms with E-state index in [2.05, 4.69) is 42.7 Å². The van der Waals surface area contributed by atoms with Crippen LogP contribution in [0.4, 0.5) is 5.69 Å².